The normalized spacial score (nSPS) is 18.6. The van der Waals surface area contributed by atoms with Crippen molar-refractivity contribution in [3.63, 3.8) is 0 Å². The van der Waals surface area contributed by atoms with Crippen LogP contribution in [0.5, 0.6) is 0 Å². The zero-order chi connectivity index (χ0) is 14.5. The minimum absolute atomic E-state index is 0.221. The first-order chi connectivity index (χ1) is 9.54. The highest BCUT2D eigenvalue weighted by Gasteiger charge is 2.20. The van der Waals surface area contributed by atoms with E-state index < -0.39 is 0 Å². The third kappa shape index (κ3) is 4.58. The molecule has 0 radical (unpaired) electrons. The van der Waals surface area contributed by atoms with Gasteiger partial charge in [-0.3, -0.25) is 9.69 Å². The van der Waals surface area contributed by atoms with Crippen LogP contribution in [0.25, 0.3) is 0 Å². The topological polar surface area (TPSA) is 55.6 Å². The van der Waals surface area contributed by atoms with Crippen LogP contribution in [0.4, 0.5) is 0 Å². The first kappa shape index (κ1) is 15.5. The molecule has 2 rings (SSSR count). The summed E-state index contributed by atoms with van der Waals surface area (Å²) in [6, 6.07) is 6.25. The molecule has 5 heteroatoms. The monoisotopic (exact) mass is 340 g/mol. The van der Waals surface area contributed by atoms with Gasteiger partial charge in [0.05, 0.1) is 12.6 Å². The summed E-state index contributed by atoms with van der Waals surface area (Å²) in [6.45, 7) is 4.60. The average Bonchev–Trinajstić information content (AvgIpc) is 2.84. The Bertz CT molecular complexity index is 473. The van der Waals surface area contributed by atoms with Crippen molar-refractivity contribution in [2.45, 2.75) is 32.4 Å². The Balaban J connectivity index is 2.03. The van der Waals surface area contributed by atoms with Crippen LogP contribution in [-0.2, 0) is 16.1 Å². The minimum atomic E-state index is -0.300. The lowest BCUT2D eigenvalue weighted by atomic mass is 10.1. The van der Waals surface area contributed by atoms with Crippen LogP contribution in [0.15, 0.2) is 22.7 Å². The zero-order valence-corrected chi connectivity index (χ0v) is 13.4. The molecule has 1 saturated heterocycles. The van der Waals surface area contributed by atoms with Crippen molar-refractivity contribution in [3.05, 3.63) is 33.8 Å². The third-order valence-electron chi connectivity index (χ3n) is 3.47. The van der Waals surface area contributed by atoms with E-state index in [2.05, 4.69) is 46.0 Å². The maximum Gasteiger partial charge on any atom is 0.231 e. The molecule has 0 aromatic heterocycles. The number of hydrogen-bond donors (Lipinski definition) is 1. The van der Waals surface area contributed by atoms with E-state index >= 15 is 0 Å². The summed E-state index contributed by atoms with van der Waals surface area (Å²) in [5.74, 6) is -0.300. The number of hydrogen-bond acceptors (Lipinski definition) is 3. The average molecular weight is 341 g/mol. The number of amides is 1. The van der Waals surface area contributed by atoms with Gasteiger partial charge < -0.3 is 10.5 Å². The van der Waals surface area contributed by atoms with Gasteiger partial charge in [-0.1, -0.05) is 28.1 Å². The number of carbonyl (C=O) groups is 1. The minimum Gasteiger partial charge on any atom is -0.377 e. The van der Waals surface area contributed by atoms with Crippen LogP contribution >= 0.6 is 15.9 Å². The van der Waals surface area contributed by atoms with Crippen molar-refractivity contribution in [3.8, 4) is 0 Å². The van der Waals surface area contributed by atoms with E-state index in [-0.39, 0.29) is 18.6 Å². The molecular formula is C15H21BrN2O2. The fourth-order valence-electron chi connectivity index (χ4n) is 2.50. The fraction of sp³-hybridized carbons (Fsp3) is 0.533. The molecule has 4 nitrogen and oxygen atoms in total. The van der Waals surface area contributed by atoms with Crippen molar-refractivity contribution in [2.24, 2.45) is 5.73 Å². The van der Waals surface area contributed by atoms with Gasteiger partial charge in [0, 0.05) is 24.2 Å². The van der Waals surface area contributed by atoms with E-state index in [1.807, 2.05) is 0 Å². The smallest absolute Gasteiger partial charge is 0.231 e. The second-order valence-electron chi connectivity index (χ2n) is 5.37. The number of nitrogens with zero attached hydrogens (tertiary/aromatic N) is 1. The van der Waals surface area contributed by atoms with Crippen molar-refractivity contribution < 1.29 is 9.53 Å². The van der Waals surface area contributed by atoms with Gasteiger partial charge in [-0.2, -0.15) is 0 Å². The van der Waals surface area contributed by atoms with Crippen LogP contribution in [0, 0.1) is 6.92 Å². The second kappa shape index (κ2) is 7.20. The second-order valence-corrected chi connectivity index (χ2v) is 6.22. The van der Waals surface area contributed by atoms with Gasteiger partial charge in [0.1, 0.15) is 0 Å². The molecule has 0 saturated carbocycles. The summed E-state index contributed by atoms with van der Waals surface area (Å²) >= 11 is 3.58. The Morgan fingerprint density at radius 3 is 2.95 bits per heavy atom. The summed E-state index contributed by atoms with van der Waals surface area (Å²) in [5.41, 5.74) is 7.72. The number of benzene rings is 1. The largest absolute Gasteiger partial charge is 0.377 e. The van der Waals surface area contributed by atoms with Crippen molar-refractivity contribution in [1.82, 2.24) is 4.90 Å². The van der Waals surface area contributed by atoms with Gasteiger partial charge in [0.2, 0.25) is 5.91 Å². The number of nitrogens with two attached hydrogens (primary N) is 1. The summed E-state index contributed by atoms with van der Waals surface area (Å²) in [7, 11) is 0. The zero-order valence-electron chi connectivity index (χ0n) is 11.8. The molecule has 1 atom stereocenters. The molecule has 20 heavy (non-hydrogen) atoms. The number of primary amides is 1. The molecular weight excluding hydrogens is 320 g/mol. The lowest BCUT2D eigenvalue weighted by molar-refractivity contribution is -0.119. The molecule has 110 valence electrons. The number of carbonyl (C=O) groups excluding carboxylic acids is 1. The van der Waals surface area contributed by atoms with Crippen molar-refractivity contribution in [1.29, 1.82) is 0 Å². The summed E-state index contributed by atoms with van der Waals surface area (Å²) in [5, 5.41) is 0. The molecule has 1 fully saturated rings. The first-order valence-corrected chi connectivity index (χ1v) is 7.71. The third-order valence-corrected chi connectivity index (χ3v) is 4.21. The molecule has 0 spiro atoms. The number of halogens is 1. The van der Waals surface area contributed by atoms with Crippen molar-refractivity contribution >= 4 is 21.8 Å². The Kier molecular flexibility index (Phi) is 5.57. The molecule has 1 aliphatic heterocycles. The molecule has 1 aromatic rings. The lowest BCUT2D eigenvalue weighted by Crippen LogP contribution is -2.38. The van der Waals surface area contributed by atoms with E-state index in [4.69, 9.17) is 10.5 Å². The molecule has 1 aliphatic rings. The number of rotatable bonds is 6. The highest BCUT2D eigenvalue weighted by molar-refractivity contribution is 9.10. The van der Waals surface area contributed by atoms with E-state index in [0.29, 0.717) is 6.54 Å². The quantitative estimate of drug-likeness (QED) is 0.863. The van der Waals surface area contributed by atoms with Gasteiger partial charge in [0.25, 0.3) is 0 Å². The SMILES string of the molecule is Cc1ccc(CN(CC(N)=O)C[C@@H]2CCCO2)c(Br)c1. The van der Waals surface area contributed by atoms with E-state index in [0.717, 1.165) is 36.0 Å². The van der Waals surface area contributed by atoms with E-state index in [9.17, 15) is 4.79 Å². The Morgan fingerprint density at radius 1 is 1.55 bits per heavy atom. The van der Waals surface area contributed by atoms with E-state index in [1.54, 1.807) is 0 Å². The Hall–Kier alpha value is -0.910. The predicted molar refractivity (Wildman–Crippen MR) is 82.3 cm³/mol. The van der Waals surface area contributed by atoms with Crippen LogP contribution in [0.2, 0.25) is 0 Å². The van der Waals surface area contributed by atoms with E-state index in [1.165, 1.54) is 5.56 Å². The van der Waals surface area contributed by atoms with Gasteiger partial charge in [-0.05, 0) is 37.0 Å². The summed E-state index contributed by atoms with van der Waals surface area (Å²) in [4.78, 5) is 13.3. The van der Waals surface area contributed by atoms with Crippen LogP contribution in [-0.4, -0.2) is 36.6 Å². The maximum absolute atomic E-state index is 11.2. The Morgan fingerprint density at radius 2 is 2.35 bits per heavy atom. The van der Waals surface area contributed by atoms with Crippen LogP contribution < -0.4 is 5.73 Å². The molecule has 2 N–H and O–H groups in total. The summed E-state index contributed by atoms with van der Waals surface area (Å²) < 4.78 is 6.72. The Labute approximate surface area is 128 Å². The number of aryl methyl sites for hydroxylation is 1. The fourth-order valence-corrected chi connectivity index (χ4v) is 3.12. The highest BCUT2D eigenvalue weighted by Crippen LogP contribution is 2.21. The van der Waals surface area contributed by atoms with Crippen molar-refractivity contribution in [2.75, 3.05) is 19.7 Å². The molecule has 0 bridgehead atoms. The molecule has 1 heterocycles. The molecule has 1 aromatic carbocycles. The molecule has 0 aliphatic carbocycles. The van der Waals surface area contributed by atoms with Crippen LogP contribution in [0.3, 0.4) is 0 Å². The summed E-state index contributed by atoms with van der Waals surface area (Å²) in [6.07, 6.45) is 2.38. The maximum atomic E-state index is 11.2. The van der Waals surface area contributed by atoms with Gasteiger partial charge in [-0.15, -0.1) is 0 Å². The van der Waals surface area contributed by atoms with Gasteiger partial charge in [0.15, 0.2) is 0 Å². The molecule has 1 amide bonds. The standard InChI is InChI=1S/C15H21BrN2O2/c1-11-4-5-12(14(16)7-11)8-18(10-15(17)19)9-13-3-2-6-20-13/h4-5,7,13H,2-3,6,8-10H2,1H3,(H2,17,19)/t13-/m0/s1. The van der Waals surface area contributed by atoms with Gasteiger partial charge >= 0.3 is 0 Å². The lowest BCUT2D eigenvalue weighted by Gasteiger charge is -2.24. The van der Waals surface area contributed by atoms with Crippen LogP contribution in [0.1, 0.15) is 24.0 Å². The molecule has 0 unspecified atom stereocenters. The first-order valence-electron chi connectivity index (χ1n) is 6.92. The number of ether oxygens (including phenoxy) is 1. The predicted octanol–water partition coefficient (Wildman–Crippen LogP) is 2.22. The highest BCUT2D eigenvalue weighted by atomic mass is 79.9. The van der Waals surface area contributed by atoms with Gasteiger partial charge in [-0.25, -0.2) is 0 Å².